The van der Waals surface area contributed by atoms with Crippen molar-refractivity contribution in [1.82, 2.24) is 4.98 Å². The van der Waals surface area contributed by atoms with E-state index in [0.29, 0.717) is 16.9 Å². The number of allylic oxidation sites excluding steroid dienone is 2. The SMILES string of the molecule is Nc1c2c(nc3cc(Cl)ccc13)CC1C=C(CCCCO)CC2C1. The van der Waals surface area contributed by atoms with Gasteiger partial charge in [0.2, 0.25) is 0 Å². The number of halogens is 1. The number of hydrogen-bond donors (Lipinski definition) is 2. The molecule has 126 valence electrons. The minimum atomic E-state index is 0.286. The lowest BCUT2D eigenvalue weighted by Gasteiger charge is -2.36. The molecule has 0 saturated heterocycles. The molecule has 2 unspecified atom stereocenters. The van der Waals surface area contributed by atoms with Gasteiger partial charge in [-0.15, -0.1) is 0 Å². The molecule has 4 heteroatoms. The minimum absolute atomic E-state index is 0.286. The van der Waals surface area contributed by atoms with E-state index in [0.717, 1.165) is 54.4 Å². The second kappa shape index (κ2) is 6.38. The molecule has 3 nitrogen and oxygen atoms in total. The van der Waals surface area contributed by atoms with E-state index in [1.54, 1.807) is 0 Å². The fourth-order valence-corrected chi connectivity index (χ4v) is 4.60. The fourth-order valence-electron chi connectivity index (χ4n) is 4.44. The predicted molar refractivity (Wildman–Crippen MR) is 99.4 cm³/mol. The van der Waals surface area contributed by atoms with Crippen LogP contribution in [0, 0.1) is 5.92 Å². The number of fused-ring (bicyclic) bond motifs is 5. The number of aliphatic hydroxyl groups excluding tert-OH is 1. The Hall–Kier alpha value is -1.58. The van der Waals surface area contributed by atoms with Crippen LogP contribution in [0.2, 0.25) is 5.02 Å². The van der Waals surface area contributed by atoms with Crippen LogP contribution in [0.4, 0.5) is 5.69 Å². The molecule has 1 aromatic carbocycles. The van der Waals surface area contributed by atoms with Crippen molar-refractivity contribution in [2.75, 3.05) is 12.3 Å². The van der Waals surface area contributed by atoms with Gasteiger partial charge in [0.15, 0.2) is 0 Å². The maximum Gasteiger partial charge on any atom is 0.0741 e. The molecule has 0 spiro atoms. The smallest absolute Gasteiger partial charge is 0.0741 e. The van der Waals surface area contributed by atoms with Crippen molar-refractivity contribution >= 4 is 28.2 Å². The molecular weight excluding hydrogens is 320 g/mol. The molecule has 2 aliphatic carbocycles. The van der Waals surface area contributed by atoms with Gasteiger partial charge >= 0.3 is 0 Å². The van der Waals surface area contributed by atoms with Crippen LogP contribution in [0.25, 0.3) is 10.9 Å². The molecule has 2 bridgehead atoms. The highest BCUT2D eigenvalue weighted by Crippen LogP contribution is 2.47. The van der Waals surface area contributed by atoms with E-state index in [9.17, 15) is 0 Å². The van der Waals surface area contributed by atoms with E-state index in [-0.39, 0.29) is 6.61 Å². The summed E-state index contributed by atoms with van der Waals surface area (Å²) >= 11 is 6.12. The van der Waals surface area contributed by atoms with E-state index in [4.69, 9.17) is 27.4 Å². The standard InChI is InChI=1S/C20H23ClN2O/c21-15-4-5-16-17(11-15)23-18-10-13-7-12(3-1-2-6-24)8-14(9-13)19(18)20(16)22/h4-5,7,11,13-14,24H,1-3,6,8-10H2,(H2,22,23). The third-order valence-electron chi connectivity index (χ3n) is 5.44. The summed E-state index contributed by atoms with van der Waals surface area (Å²) in [5.41, 5.74) is 12.3. The maximum atomic E-state index is 8.99. The number of rotatable bonds is 4. The molecule has 1 aromatic heterocycles. The third kappa shape index (κ3) is 2.80. The van der Waals surface area contributed by atoms with Crippen LogP contribution in [0.1, 0.15) is 49.3 Å². The molecule has 1 heterocycles. The Morgan fingerprint density at radius 3 is 2.96 bits per heavy atom. The number of nitrogens with zero attached hydrogens (tertiary/aromatic N) is 1. The number of hydrogen-bond acceptors (Lipinski definition) is 3. The lowest BCUT2D eigenvalue weighted by Crippen LogP contribution is -2.24. The van der Waals surface area contributed by atoms with Crippen LogP contribution < -0.4 is 5.73 Å². The number of aromatic nitrogens is 1. The van der Waals surface area contributed by atoms with Crippen LogP contribution in [-0.2, 0) is 6.42 Å². The Balaban J connectivity index is 1.70. The zero-order chi connectivity index (χ0) is 16.7. The van der Waals surface area contributed by atoms with E-state index in [1.165, 1.54) is 17.6 Å². The lowest BCUT2D eigenvalue weighted by molar-refractivity contribution is 0.284. The Bertz CT molecular complexity index is 815. The van der Waals surface area contributed by atoms with Crippen LogP contribution >= 0.6 is 11.6 Å². The average molecular weight is 343 g/mol. The predicted octanol–water partition coefficient (Wildman–Crippen LogP) is 4.61. The second-order valence-corrected chi connectivity index (χ2v) is 7.59. The summed E-state index contributed by atoms with van der Waals surface area (Å²) in [5, 5.41) is 10.7. The molecule has 0 fully saturated rings. The van der Waals surface area contributed by atoms with Crippen molar-refractivity contribution in [2.45, 2.75) is 44.4 Å². The third-order valence-corrected chi connectivity index (χ3v) is 5.68. The number of nitrogens with two attached hydrogens (primary N) is 1. The number of aliphatic hydroxyl groups is 1. The van der Waals surface area contributed by atoms with Gasteiger partial charge in [0.25, 0.3) is 0 Å². The molecule has 4 rings (SSSR count). The summed E-state index contributed by atoms with van der Waals surface area (Å²) in [4.78, 5) is 4.89. The fraction of sp³-hybridized carbons (Fsp3) is 0.450. The summed E-state index contributed by atoms with van der Waals surface area (Å²) in [6.07, 6.45) is 8.75. The average Bonchev–Trinajstić information content (AvgIpc) is 2.54. The van der Waals surface area contributed by atoms with Crippen molar-refractivity contribution in [3.8, 4) is 0 Å². The Morgan fingerprint density at radius 1 is 1.25 bits per heavy atom. The van der Waals surface area contributed by atoms with Gasteiger partial charge in [0.1, 0.15) is 0 Å². The van der Waals surface area contributed by atoms with E-state index in [2.05, 4.69) is 6.08 Å². The van der Waals surface area contributed by atoms with Gasteiger partial charge in [-0.05, 0) is 68.6 Å². The Morgan fingerprint density at radius 2 is 2.12 bits per heavy atom. The first kappa shape index (κ1) is 15.9. The highest BCUT2D eigenvalue weighted by atomic mass is 35.5. The minimum Gasteiger partial charge on any atom is -0.398 e. The van der Waals surface area contributed by atoms with Gasteiger partial charge < -0.3 is 10.8 Å². The van der Waals surface area contributed by atoms with Gasteiger partial charge in [-0.25, -0.2) is 0 Å². The van der Waals surface area contributed by atoms with Crippen molar-refractivity contribution in [2.24, 2.45) is 5.92 Å². The van der Waals surface area contributed by atoms with Crippen LogP contribution in [0.5, 0.6) is 0 Å². The van der Waals surface area contributed by atoms with Crippen LogP contribution in [0.15, 0.2) is 29.8 Å². The monoisotopic (exact) mass is 342 g/mol. The molecule has 24 heavy (non-hydrogen) atoms. The van der Waals surface area contributed by atoms with Gasteiger partial charge in [0, 0.05) is 34.0 Å². The quantitative estimate of drug-likeness (QED) is 0.630. The summed E-state index contributed by atoms with van der Waals surface area (Å²) in [5.74, 6) is 1.06. The number of pyridine rings is 1. The molecule has 0 radical (unpaired) electrons. The molecular formula is C20H23ClN2O. The van der Waals surface area contributed by atoms with Crippen molar-refractivity contribution in [1.29, 1.82) is 0 Å². The zero-order valence-corrected chi connectivity index (χ0v) is 14.5. The molecule has 3 N–H and O–H groups in total. The Kier molecular flexibility index (Phi) is 4.23. The molecule has 0 aliphatic heterocycles. The van der Waals surface area contributed by atoms with Gasteiger partial charge in [0.05, 0.1) is 5.52 Å². The molecule has 0 saturated carbocycles. The summed E-state index contributed by atoms with van der Waals surface area (Å²) < 4.78 is 0. The zero-order valence-electron chi connectivity index (χ0n) is 13.8. The normalized spacial score (nSPS) is 22.3. The van der Waals surface area contributed by atoms with Gasteiger partial charge in [-0.2, -0.15) is 0 Å². The number of benzene rings is 1. The molecule has 2 atom stereocenters. The molecule has 0 amide bonds. The number of nitrogen functional groups attached to an aromatic ring is 1. The largest absolute Gasteiger partial charge is 0.398 e. The van der Waals surface area contributed by atoms with Crippen molar-refractivity contribution in [3.63, 3.8) is 0 Å². The Labute approximate surface area is 147 Å². The van der Waals surface area contributed by atoms with E-state index in [1.807, 2.05) is 18.2 Å². The van der Waals surface area contributed by atoms with Crippen LogP contribution in [-0.4, -0.2) is 16.7 Å². The highest BCUT2D eigenvalue weighted by Gasteiger charge is 2.33. The molecule has 2 aromatic rings. The first-order valence-corrected chi connectivity index (χ1v) is 9.21. The van der Waals surface area contributed by atoms with E-state index < -0.39 is 0 Å². The highest BCUT2D eigenvalue weighted by molar-refractivity contribution is 6.31. The van der Waals surface area contributed by atoms with Gasteiger partial charge in [-0.1, -0.05) is 23.3 Å². The van der Waals surface area contributed by atoms with Gasteiger partial charge in [-0.3, -0.25) is 4.98 Å². The van der Waals surface area contributed by atoms with E-state index >= 15 is 0 Å². The molecule has 2 aliphatic rings. The summed E-state index contributed by atoms with van der Waals surface area (Å²) in [6.45, 7) is 0.286. The summed E-state index contributed by atoms with van der Waals surface area (Å²) in [6, 6.07) is 5.79. The van der Waals surface area contributed by atoms with Crippen molar-refractivity contribution in [3.05, 3.63) is 46.1 Å². The van der Waals surface area contributed by atoms with Crippen LogP contribution in [0.3, 0.4) is 0 Å². The first-order chi connectivity index (χ1) is 11.7. The first-order valence-electron chi connectivity index (χ1n) is 8.83. The lowest BCUT2D eigenvalue weighted by atomic mass is 9.70. The number of unbranched alkanes of at least 4 members (excludes halogenated alkanes) is 1. The second-order valence-electron chi connectivity index (χ2n) is 7.15. The maximum absolute atomic E-state index is 8.99. The summed E-state index contributed by atoms with van der Waals surface area (Å²) in [7, 11) is 0. The van der Waals surface area contributed by atoms with Crippen molar-refractivity contribution < 1.29 is 5.11 Å². The topological polar surface area (TPSA) is 59.1 Å². The number of anilines is 1.